The molecule has 0 radical (unpaired) electrons. The second kappa shape index (κ2) is 7.58. The number of phenols is 1. The molecule has 3 aromatic carbocycles. The summed E-state index contributed by atoms with van der Waals surface area (Å²) in [4.78, 5) is -0.315. The third-order valence-electron chi connectivity index (χ3n) is 3.62. The van der Waals surface area contributed by atoms with Gasteiger partial charge in [0.2, 0.25) is 0 Å². The van der Waals surface area contributed by atoms with Gasteiger partial charge in [0.15, 0.2) is 15.6 Å². The summed E-state index contributed by atoms with van der Waals surface area (Å²) in [5.41, 5.74) is 0.451. The molecule has 0 heterocycles. The zero-order chi connectivity index (χ0) is 18.7. The SMILES string of the molecule is O=S(=O)(Cc1ccccc1Oc1ccccc1)c1cc(Cl)cc(Cl)c1O. The Hall–Kier alpha value is -2.21. The number of rotatable bonds is 5. The summed E-state index contributed by atoms with van der Waals surface area (Å²) < 4.78 is 31.4. The smallest absolute Gasteiger partial charge is 0.186 e. The number of sulfone groups is 1. The van der Waals surface area contributed by atoms with Gasteiger partial charge in [-0.25, -0.2) is 8.42 Å². The number of ether oxygens (including phenoxy) is 1. The van der Waals surface area contributed by atoms with E-state index >= 15 is 0 Å². The Labute approximate surface area is 161 Å². The summed E-state index contributed by atoms with van der Waals surface area (Å²) in [6.45, 7) is 0. The van der Waals surface area contributed by atoms with Crippen LogP contribution in [0.4, 0.5) is 0 Å². The van der Waals surface area contributed by atoms with Gasteiger partial charge in [-0.1, -0.05) is 59.6 Å². The van der Waals surface area contributed by atoms with Crippen molar-refractivity contribution < 1.29 is 18.3 Å². The van der Waals surface area contributed by atoms with Crippen LogP contribution in [-0.4, -0.2) is 13.5 Å². The summed E-state index contributed by atoms with van der Waals surface area (Å²) in [6.07, 6.45) is 0. The lowest BCUT2D eigenvalue weighted by atomic mass is 10.2. The molecule has 0 amide bonds. The normalized spacial score (nSPS) is 11.3. The Balaban J connectivity index is 1.96. The summed E-state index contributed by atoms with van der Waals surface area (Å²) in [5, 5.41) is 10.0. The van der Waals surface area contributed by atoms with Crippen LogP contribution >= 0.6 is 23.2 Å². The Bertz CT molecular complexity index is 1030. The zero-order valence-electron chi connectivity index (χ0n) is 13.4. The van der Waals surface area contributed by atoms with Gasteiger partial charge in [0.1, 0.15) is 16.4 Å². The van der Waals surface area contributed by atoms with E-state index in [1.807, 2.05) is 18.2 Å². The fraction of sp³-hybridized carbons (Fsp3) is 0.0526. The van der Waals surface area contributed by atoms with E-state index in [2.05, 4.69) is 0 Å². The standard InChI is InChI=1S/C19H14Cl2O4S/c20-14-10-16(21)19(22)18(11-14)26(23,24)12-13-6-4-5-9-17(13)25-15-7-2-1-3-8-15/h1-11,22H,12H2. The number of halogens is 2. The van der Waals surface area contributed by atoms with Crippen LogP contribution in [0.15, 0.2) is 71.6 Å². The monoisotopic (exact) mass is 408 g/mol. The Kier molecular flexibility index (Phi) is 5.41. The van der Waals surface area contributed by atoms with E-state index in [-0.39, 0.29) is 20.7 Å². The van der Waals surface area contributed by atoms with E-state index < -0.39 is 15.6 Å². The summed E-state index contributed by atoms with van der Waals surface area (Å²) >= 11 is 11.7. The highest BCUT2D eigenvalue weighted by molar-refractivity contribution is 7.90. The first kappa shape index (κ1) is 18.6. The number of phenolic OH excluding ortho intramolecular Hbond substituents is 1. The molecule has 0 saturated heterocycles. The maximum Gasteiger partial charge on any atom is 0.186 e. The molecule has 0 aliphatic rings. The van der Waals surface area contributed by atoms with Gasteiger partial charge in [-0.15, -0.1) is 0 Å². The van der Waals surface area contributed by atoms with E-state index in [0.717, 1.165) is 0 Å². The van der Waals surface area contributed by atoms with Crippen LogP contribution in [-0.2, 0) is 15.6 Å². The first-order chi connectivity index (χ1) is 12.4. The fourth-order valence-electron chi connectivity index (χ4n) is 2.40. The number of aromatic hydroxyl groups is 1. The molecule has 1 N–H and O–H groups in total. The van der Waals surface area contributed by atoms with Gasteiger partial charge >= 0.3 is 0 Å². The molecular weight excluding hydrogens is 395 g/mol. The Morgan fingerprint density at radius 3 is 2.31 bits per heavy atom. The maximum atomic E-state index is 12.8. The highest BCUT2D eigenvalue weighted by Crippen LogP contribution is 2.37. The highest BCUT2D eigenvalue weighted by atomic mass is 35.5. The van der Waals surface area contributed by atoms with Crippen LogP contribution in [0.5, 0.6) is 17.2 Å². The van der Waals surface area contributed by atoms with E-state index in [4.69, 9.17) is 27.9 Å². The minimum Gasteiger partial charge on any atom is -0.505 e. The maximum absolute atomic E-state index is 12.8. The molecule has 0 aliphatic heterocycles. The Morgan fingerprint density at radius 1 is 0.923 bits per heavy atom. The number of benzene rings is 3. The van der Waals surface area contributed by atoms with E-state index in [1.54, 1.807) is 36.4 Å². The van der Waals surface area contributed by atoms with E-state index in [1.165, 1.54) is 12.1 Å². The first-order valence-electron chi connectivity index (χ1n) is 7.58. The first-order valence-corrected chi connectivity index (χ1v) is 9.99. The lowest BCUT2D eigenvalue weighted by molar-refractivity contribution is 0.458. The lowest BCUT2D eigenvalue weighted by Crippen LogP contribution is -2.07. The largest absolute Gasteiger partial charge is 0.505 e. The molecule has 4 nitrogen and oxygen atoms in total. The van der Waals surface area contributed by atoms with Gasteiger partial charge in [-0.3, -0.25) is 0 Å². The lowest BCUT2D eigenvalue weighted by Gasteiger charge is -2.13. The predicted molar refractivity (Wildman–Crippen MR) is 102 cm³/mol. The quantitative estimate of drug-likeness (QED) is 0.608. The molecule has 0 atom stereocenters. The predicted octanol–water partition coefficient (Wildman–Crippen LogP) is 5.47. The summed E-state index contributed by atoms with van der Waals surface area (Å²) in [5.74, 6) is 0.110. The van der Waals surface area contributed by atoms with Crippen LogP contribution in [0.3, 0.4) is 0 Å². The molecule has 134 valence electrons. The number of hydrogen-bond acceptors (Lipinski definition) is 4. The molecule has 26 heavy (non-hydrogen) atoms. The van der Waals surface area contributed by atoms with Gasteiger partial charge in [0, 0.05) is 10.6 Å². The molecule has 0 unspecified atom stereocenters. The van der Waals surface area contributed by atoms with Crippen molar-refractivity contribution in [2.75, 3.05) is 0 Å². The molecule has 0 fully saturated rings. The minimum atomic E-state index is -3.90. The van der Waals surface area contributed by atoms with Crippen molar-refractivity contribution in [2.45, 2.75) is 10.6 Å². The number of hydrogen-bond donors (Lipinski definition) is 1. The van der Waals surface area contributed by atoms with Gasteiger partial charge < -0.3 is 9.84 Å². The van der Waals surface area contributed by atoms with Crippen LogP contribution in [0, 0.1) is 0 Å². The molecule has 0 bridgehead atoms. The second-order valence-corrected chi connectivity index (χ2v) is 8.32. The van der Waals surface area contributed by atoms with Crippen LogP contribution < -0.4 is 4.74 Å². The van der Waals surface area contributed by atoms with E-state index in [9.17, 15) is 13.5 Å². The molecule has 0 spiro atoms. The van der Waals surface area contributed by atoms with Crippen molar-refractivity contribution in [3.8, 4) is 17.2 Å². The summed E-state index contributed by atoms with van der Waals surface area (Å²) in [7, 11) is -3.90. The second-order valence-electron chi connectivity index (χ2n) is 5.52. The molecular formula is C19H14Cl2O4S. The van der Waals surface area contributed by atoms with Gasteiger partial charge in [0.05, 0.1) is 10.8 Å². The third-order valence-corrected chi connectivity index (χ3v) is 5.80. The van der Waals surface area contributed by atoms with Crippen LogP contribution in [0.1, 0.15) is 5.56 Å². The van der Waals surface area contributed by atoms with Gasteiger partial charge in [-0.05, 0) is 30.3 Å². The van der Waals surface area contributed by atoms with Crippen molar-refractivity contribution in [2.24, 2.45) is 0 Å². The van der Waals surface area contributed by atoms with Crippen molar-refractivity contribution in [3.05, 3.63) is 82.3 Å². The van der Waals surface area contributed by atoms with Gasteiger partial charge in [-0.2, -0.15) is 0 Å². The zero-order valence-corrected chi connectivity index (χ0v) is 15.7. The third kappa shape index (κ3) is 4.12. The fourth-order valence-corrected chi connectivity index (χ4v) is 4.53. The average molecular weight is 409 g/mol. The molecule has 7 heteroatoms. The average Bonchev–Trinajstić information content (AvgIpc) is 2.60. The van der Waals surface area contributed by atoms with Crippen molar-refractivity contribution in [3.63, 3.8) is 0 Å². The van der Waals surface area contributed by atoms with Crippen LogP contribution in [0.2, 0.25) is 10.0 Å². The highest BCUT2D eigenvalue weighted by Gasteiger charge is 2.24. The van der Waals surface area contributed by atoms with E-state index in [0.29, 0.717) is 17.1 Å². The Morgan fingerprint density at radius 2 is 1.58 bits per heavy atom. The molecule has 0 saturated carbocycles. The topological polar surface area (TPSA) is 63.6 Å². The van der Waals surface area contributed by atoms with Crippen LogP contribution in [0.25, 0.3) is 0 Å². The van der Waals surface area contributed by atoms with Crippen molar-refractivity contribution >= 4 is 33.0 Å². The summed E-state index contributed by atoms with van der Waals surface area (Å²) in [6, 6.07) is 18.3. The van der Waals surface area contributed by atoms with Crippen molar-refractivity contribution in [1.29, 1.82) is 0 Å². The molecule has 3 rings (SSSR count). The molecule has 3 aromatic rings. The minimum absolute atomic E-state index is 0.120. The molecule has 0 aromatic heterocycles. The molecule has 0 aliphatic carbocycles. The van der Waals surface area contributed by atoms with Gasteiger partial charge in [0.25, 0.3) is 0 Å². The number of para-hydroxylation sites is 2. The van der Waals surface area contributed by atoms with Crippen molar-refractivity contribution in [1.82, 2.24) is 0 Å².